The maximum Gasteiger partial charge on any atom is 0.228 e. The van der Waals surface area contributed by atoms with Gasteiger partial charge in [-0.05, 0) is 42.0 Å². The molecular formula is C23H18N2O4. The molecule has 3 aromatic carbocycles. The second kappa shape index (κ2) is 7.56. The number of aromatic nitrogens is 1. The number of fused-ring (bicyclic) bond motifs is 1. The number of nitriles is 1. The molecule has 0 saturated heterocycles. The van der Waals surface area contributed by atoms with E-state index in [-0.39, 0.29) is 0 Å². The molecule has 29 heavy (non-hydrogen) atoms. The summed E-state index contributed by atoms with van der Waals surface area (Å²) in [5, 5.41) is 9.34. The highest BCUT2D eigenvalue weighted by atomic mass is 16.5. The fourth-order valence-corrected chi connectivity index (χ4v) is 3.30. The maximum absolute atomic E-state index is 9.34. The number of ether oxygens (including phenoxy) is 3. The molecule has 1 heterocycles. The second-order valence-electron chi connectivity index (χ2n) is 6.24. The van der Waals surface area contributed by atoms with Crippen molar-refractivity contribution in [3.63, 3.8) is 0 Å². The molecule has 0 aliphatic rings. The van der Waals surface area contributed by atoms with E-state index >= 15 is 0 Å². The summed E-state index contributed by atoms with van der Waals surface area (Å²) < 4.78 is 22.4. The number of oxazole rings is 1. The fourth-order valence-electron chi connectivity index (χ4n) is 3.30. The van der Waals surface area contributed by atoms with Gasteiger partial charge in [0.25, 0.3) is 0 Å². The molecule has 4 aromatic rings. The zero-order chi connectivity index (χ0) is 20.4. The van der Waals surface area contributed by atoms with Gasteiger partial charge in [0.2, 0.25) is 11.6 Å². The van der Waals surface area contributed by atoms with Gasteiger partial charge in [0, 0.05) is 5.56 Å². The van der Waals surface area contributed by atoms with Crippen molar-refractivity contribution in [1.29, 1.82) is 5.26 Å². The van der Waals surface area contributed by atoms with Crippen molar-refractivity contribution in [2.75, 3.05) is 21.3 Å². The van der Waals surface area contributed by atoms with E-state index in [0.717, 1.165) is 11.1 Å². The fraction of sp³-hybridized carbons (Fsp3) is 0.130. The third-order valence-corrected chi connectivity index (χ3v) is 4.68. The highest BCUT2D eigenvalue weighted by Crippen LogP contribution is 2.44. The van der Waals surface area contributed by atoms with E-state index in [2.05, 4.69) is 11.1 Å². The normalized spacial score (nSPS) is 10.6. The molecule has 0 amide bonds. The van der Waals surface area contributed by atoms with Gasteiger partial charge in [0.15, 0.2) is 17.1 Å². The molecule has 0 aliphatic carbocycles. The summed E-state index contributed by atoms with van der Waals surface area (Å²) in [6.45, 7) is 0. The molecule has 4 rings (SSSR count). The van der Waals surface area contributed by atoms with Gasteiger partial charge in [0.1, 0.15) is 5.52 Å². The van der Waals surface area contributed by atoms with Crippen LogP contribution in [0.15, 0.2) is 59.0 Å². The summed E-state index contributed by atoms with van der Waals surface area (Å²) in [5.41, 5.74) is 4.21. The Bertz CT molecular complexity index is 1240. The summed E-state index contributed by atoms with van der Waals surface area (Å²) in [6.07, 6.45) is 0. The van der Waals surface area contributed by atoms with Crippen LogP contribution >= 0.6 is 0 Å². The molecule has 0 bridgehead atoms. The Balaban J connectivity index is 1.85. The van der Waals surface area contributed by atoms with Gasteiger partial charge in [-0.2, -0.15) is 5.26 Å². The summed E-state index contributed by atoms with van der Waals surface area (Å²) in [5.74, 6) is 2.09. The van der Waals surface area contributed by atoms with Crippen molar-refractivity contribution >= 4 is 11.1 Å². The Labute approximate surface area is 167 Å². The van der Waals surface area contributed by atoms with Crippen LogP contribution in [0, 0.1) is 11.3 Å². The van der Waals surface area contributed by atoms with Crippen LogP contribution in [-0.4, -0.2) is 26.3 Å². The smallest absolute Gasteiger partial charge is 0.228 e. The van der Waals surface area contributed by atoms with E-state index in [4.69, 9.17) is 18.6 Å². The Hall–Kier alpha value is -3.98. The van der Waals surface area contributed by atoms with Gasteiger partial charge in [-0.1, -0.05) is 18.2 Å². The lowest BCUT2D eigenvalue weighted by Gasteiger charge is -2.15. The predicted octanol–water partition coefficient (Wildman–Crippen LogP) is 5.06. The van der Waals surface area contributed by atoms with E-state index < -0.39 is 0 Å². The molecule has 0 fully saturated rings. The van der Waals surface area contributed by atoms with Crippen molar-refractivity contribution in [3.8, 4) is 45.9 Å². The average Bonchev–Trinajstić information content (AvgIpc) is 3.20. The predicted molar refractivity (Wildman–Crippen MR) is 109 cm³/mol. The Morgan fingerprint density at radius 3 is 2.38 bits per heavy atom. The topological polar surface area (TPSA) is 77.5 Å². The monoisotopic (exact) mass is 386 g/mol. The molecule has 0 spiro atoms. The molecule has 0 radical (unpaired) electrons. The van der Waals surface area contributed by atoms with Crippen molar-refractivity contribution in [1.82, 2.24) is 4.98 Å². The summed E-state index contributed by atoms with van der Waals surface area (Å²) in [6, 6.07) is 18.8. The Morgan fingerprint density at radius 2 is 1.66 bits per heavy atom. The highest BCUT2D eigenvalue weighted by molar-refractivity contribution is 5.85. The van der Waals surface area contributed by atoms with Gasteiger partial charge < -0.3 is 18.6 Å². The molecule has 0 aliphatic heterocycles. The van der Waals surface area contributed by atoms with Crippen molar-refractivity contribution < 1.29 is 18.6 Å². The lowest BCUT2D eigenvalue weighted by atomic mass is 10.0. The molecule has 6 heteroatoms. The summed E-state index contributed by atoms with van der Waals surface area (Å²) in [7, 11) is 4.74. The lowest BCUT2D eigenvalue weighted by molar-refractivity contribution is 0.325. The zero-order valence-corrected chi connectivity index (χ0v) is 16.2. The largest absolute Gasteiger partial charge is 0.493 e. The molecule has 6 nitrogen and oxygen atoms in total. The van der Waals surface area contributed by atoms with E-state index in [1.165, 1.54) is 0 Å². The Morgan fingerprint density at radius 1 is 0.862 bits per heavy atom. The van der Waals surface area contributed by atoms with Gasteiger partial charge >= 0.3 is 0 Å². The van der Waals surface area contributed by atoms with Crippen LogP contribution in [0.2, 0.25) is 0 Å². The van der Waals surface area contributed by atoms with Crippen LogP contribution in [0.3, 0.4) is 0 Å². The summed E-state index contributed by atoms with van der Waals surface area (Å²) in [4.78, 5) is 4.54. The minimum Gasteiger partial charge on any atom is -0.493 e. The standard InChI is InChI=1S/C23H18N2O4/c1-26-19-11-9-16(21(27-2)22(19)28-3)14-8-10-18-20(12-14)29-23(25-18)17-7-5-4-6-15(17)13-24/h4-12H,1-3H3. The first-order valence-electron chi connectivity index (χ1n) is 8.89. The zero-order valence-electron chi connectivity index (χ0n) is 16.2. The molecule has 1 aromatic heterocycles. The maximum atomic E-state index is 9.34. The lowest BCUT2D eigenvalue weighted by Crippen LogP contribution is -1.96. The third-order valence-electron chi connectivity index (χ3n) is 4.68. The average molecular weight is 386 g/mol. The van der Waals surface area contributed by atoms with Crippen LogP contribution in [-0.2, 0) is 0 Å². The molecule has 0 atom stereocenters. The second-order valence-corrected chi connectivity index (χ2v) is 6.24. The molecule has 0 unspecified atom stereocenters. The quantitative estimate of drug-likeness (QED) is 0.477. The summed E-state index contributed by atoms with van der Waals surface area (Å²) >= 11 is 0. The molecule has 0 N–H and O–H groups in total. The number of nitrogens with zero attached hydrogens (tertiary/aromatic N) is 2. The Kier molecular flexibility index (Phi) is 4.80. The first kappa shape index (κ1) is 18.4. The number of methoxy groups -OCH3 is 3. The minimum atomic E-state index is 0.411. The molecule has 144 valence electrons. The van der Waals surface area contributed by atoms with Crippen LogP contribution in [0.1, 0.15) is 5.56 Å². The van der Waals surface area contributed by atoms with Gasteiger partial charge in [-0.15, -0.1) is 0 Å². The first-order chi connectivity index (χ1) is 14.2. The van der Waals surface area contributed by atoms with E-state index in [0.29, 0.717) is 45.4 Å². The molecular weight excluding hydrogens is 368 g/mol. The van der Waals surface area contributed by atoms with E-state index in [1.54, 1.807) is 27.4 Å². The highest BCUT2D eigenvalue weighted by Gasteiger charge is 2.18. The number of hydrogen-bond donors (Lipinski definition) is 0. The van der Waals surface area contributed by atoms with Crippen LogP contribution in [0.25, 0.3) is 33.7 Å². The SMILES string of the molecule is COc1ccc(-c2ccc3nc(-c4ccccc4C#N)oc3c2)c(OC)c1OC. The van der Waals surface area contributed by atoms with Crippen molar-refractivity contribution in [2.24, 2.45) is 0 Å². The van der Waals surface area contributed by atoms with Gasteiger partial charge in [0.05, 0.1) is 38.5 Å². The number of rotatable bonds is 5. The third kappa shape index (κ3) is 3.13. The van der Waals surface area contributed by atoms with E-state index in [9.17, 15) is 5.26 Å². The molecule has 0 saturated carbocycles. The van der Waals surface area contributed by atoms with Gasteiger partial charge in [-0.3, -0.25) is 0 Å². The van der Waals surface area contributed by atoms with Crippen molar-refractivity contribution in [2.45, 2.75) is 0 Å². The van der Waals surface area contributed by atoms with Crippen LogP contribution in [0.5, 0.6) is 17.2 Å². The van der Waals surface area contributed by atoms with E-state index in [1.807, 2.05) is 48.5 Å². The van der Waals surface area contributed by atoms with Crippen LogP contribution in [0.4, 0.5) is 0 Å². The number of benzene rings is 3. The minimum absolute atomic E-state index is 0.411. The first-order valence-corrected chi connectivity index (χ1v) is 8.89. The van der Waals surface area contributed by atoms with Crippen molar-refractivity contribution in [3.05, 3.63) is 60.2 Å². The number of hydrogen-bond acceptors (Lipinski definition) is 6. The van der Waals surface area contributed by atoms with Gasteiger partial charge in [-0.25, -0.2) is 4.98 Å². The van der Waals surface area contributed by atoms with Crippen LogP contribution < -0.4 is 14.2 Å².